The van der Waals surface area contributed by atoms with Crippen LogP contribution < -0.4 is 5.32 Å². The standard InChI is InChI=1S/C13H20N2S/c1-5-15(6-2)13(16)14-12-8-10(3)7-11(4)9-12/h7-9H,5-6H2,1-4H3,(H,14,16). The zero-order valence-corrected chi connectivity index (χ0v) is 11.3. The van der Waals surface area contributed by atoms with Gasteiger partial charge in [0, 0.05) is 18.8 Å². The van der Waals surface area contributed by atoms with Crippen LogP contribution in [-0.4, -0.2) is 23.1 Å². The molecular weight excluding hydrogens is 216 g/mol. The summed E-state index contributed by atoms with van der Waals surface area (Å²) in [6.07, 6.45) is 0. The smallest absolute Gasteiger partial charge is 0.173 e. The van der Waals surface area contributed by atoms with Gasteiger partial charge in [0.1, 0.15) is 0 Å². The molecule has 0 fully saturated rings. The maximum Gasteiger partial charge on any atom is 0.173 e. The summed E-state index contributed by atoms with van der Waals surface area (Å²) in [4.78, 5) is 2.13. The summed E-state index contributed by atoms with van der Waals surface area (Å²) < 4.78 is 0. The van der Waals surface area contributed by atoms with Gasteiger partial charge in [-0.1, -0.05) is 6.07 Å². The molecule has 0 bridgehead atoms. The van der Waals surface area contributed by atoms with Gasteiger partial charge in [-0.05, 0) is 63.2 Å². The molecule has 3 heteroatoms. The molecule has 0 atom stereocenters. The normalized spacial score (nSPS) is 10.0. The minimum absolute atomic E-state index is 0.801. The lowest BCUT2D eigenvalue weighted by molar-refractivity contribution is 0.473. The van der Waals surface area contributed by atoms with Crippen LogP contribution in [0.3, 0.4) is 0 Å². The Labute approximate surface area is 104 Å². The molecule has 0 spiro atoms. The van der Waals surface area contributed by atoms with Gasteiger partial charge >= 0.3 is 0 Å². The van der Waals surface area contributed by atoms with E-state index < -0.39 is 0 Å². The van der Waals surface area contributed by atoms with Crippen molar-refractivity contribution in [1.29, 1.82) is 0 Å². The lowest BCUT2D eigenvalue weighted by atomic mass is 10.1. The predicted octanol–water partition coefficient (Wildman–Crippen LogP) is 3.34. The second kappa shape index (κ2) is 5.85. The number of hydrogen-bond acceptors (Lipinski definition) is 1. The number of nitrogens with zero attached hydrogens (tertiary/aromatic N) is 1. The van der Waals surface area contributed by atoms with Gasteiger partial charge in [0.2, 0.25) is 0 Å². The lowest BCUT2D eigenvalue weighted by Crippen LogP contribution is -2.34. The molecule has 0 amide bonds. The van der Waals surface area contributed by atoms with Gasteiger partial charge in [-0.3, -0.25) is 0 Å². The molecule has 0 saturated heterocycles. The van der Waals surface area contributed by atoms with Crippen LogP contribution in [0.25, 0.3) is 0 Å². The van der Waals surface area contributed by atoms with Gasteiger partial charge in [-0.15, -0.1) is 0 Å². The SMILES string of the molecule is CCN(CC)C(=S)Nc1cc(C)cc(C)c1. The van der Waals surface area contributed by atoms with Crippen molar-refractivity contribution in [2.45, 2.75) is 27.7 Å². The van der Waals surface area contributed by atoms with E-state index in [2.05, 4.69) is 56.1 Å². The summed E-state index contributed by atoms with van der Waals surface area (Å²) in [5.74, 6) is 0. The lowest BCUT2D eigenvalue weighted by Gasteiger charge is -2.22. The van der Waals surface area contributed by atoms with E-state index in [1.807, 2.05) is 0 Å². The monoisotopic (exact) mass is 236 g/mol. The minimum Gasteiger partial charge on any atom is -0.350 e. The zero-order chi connectivity index (χ0) is 12.1. The molecule has 0 heterocycles. The van der Waals surface area contributed by atoms with Crippen molar-refractivity contribution in [3.05, 3.63) is 29.3 Å². The van der Waals surface area contributed by atoms with Crippen LogP contribution in [0.1, 0.15) is 25.0 Å². The second-order valence-electron chi connectivity index (χ2n) is 3.98. The summed E-state index contributed by atoms with van der Waals surface area (Å²) in [7, 11) is 0. The van der Waals surface area contributed by atoms with Crippen LogP contribution in [0.15, 0.2) is 18.2 Å². The molecule has 0 aliphatic carbocycles. The molecule has 1 rings (SSSR count). The number of thiocarbonyl (C=S) groups is 1. The fourth-order valence-electron chi connectivity index (χ4n) is 1.76. The number of anilines is 1. The Kier molecular flexibility index (Phi) is 4.74. The van der Waals surface area contributed by atoms with Crippen LogP contribution in [-0.2, 0) is 0 Å². The molecule has 0 aliphatic rings. The largest absolute Gasteiger partial charge is 0.350 e. The van der Waals surface area contributed by atoms with E-state index in [1.165, 1.54) is 11.1 Å². The molecule has 1 N–H and O–H groups in total. The molecule has 0 aliphatic heterocycles. The summed E-state index contributed by atoms with van der Waals surface area (Å²) in [6, 6.07) is 6.39. The Hall–Kier alpha value is -1.09. The number of aryl methyl sites for hydroxylation is 2. The van der Waals surface area contributed by atoms with E-state index in [0.717, 1.165) is 23.9 Å². The summed E-state index contributed by atoms with van der Waals surface area (Å²) in [5.41, 5.74) is 3.59. The quantitative estimate of drug-likeness (QED) is 0.810. The molecule has 0 unspecified atom stereocenters. The maximum absolute atomic E-state index is 5.36. The number of hydrogen-bond donors (Lipinski definition) is 1. The molecule has 88 valence electrons. The topological polar surface area (TPSA) is 15.3 Å². The van der Waals surface area contributed by atoms with Crippen molar-refractivity contribution in [3.63, 3.8) is 0 Å². The molecule has 0 saturated carbocycles. The van der Waals surface area contributed by atoms with E-state index in [4.69, 9.17) is 12.2 Å². The summed E-state index contributed by atoms with van der Waals surface area (Å²) >= 11 is 5.36. The zero-order valence-electron chi connectivity index (χ0n) is 10.5. The van der Waals surface area contributed by atoms with Crippen LogP contribution in [0.4, 0.5) is 5.69 Å². The van der Waals surface area contributed by atoms with Gasteiger partial charge in [0.05, 0.1) is 0 Å². The third kappa shape index (κ3) is 3.49. The number of benzene rings is 1. The fraction of sp³-hybridized carbons (Fsp3) is 0.462. The molecule has 0 radical (unpaired) electrons. The second-order valence-corrected chi connectivity index (χ2v) is 4.37. The van der Waals surface area contributed by atoms with Crippen molar-refractivity contribution in [2.75, 3.05) is 18.4 Å². The fourth-order valence-corrected chi connectivity index (χ4v) is 2.14. The van der Waals surface area contributed by atoms with Crippen LogP contribution >= 0.6 is 12.2 Å². The van der Waals surface area contributed by atoms with Gasteiger partial charge in [-0.25, -0.2) is 0 Å². The van der Waals surface area contributed by atoms with Gasteiger partial charge in [0.15, 0.2) is 5.11 Å². The number of nitrogens with one attached hydrogen (secondary N) is 1. The summed E-state index contributed by atoms with van der Waals surface area (Å²) in [6.45, 7) is 10.3. The average molecular weight is 236 g/mol. The van der Waals surface area contributed by atoms with Gasteiger partial charge in [0.25, 0.3) is 0 Å². The summed E-state index contributed by atoms with van der Waals surface area (Å²) in [5, 5.41) is 4.08. The molecule has 16 heavy (non-hydrogen) atoms. The van der Waals surface area contributed by atoms with E-state index in [1.54, 1.807) is 0 Å². The molecule has 2 nitrogen and oxygen atoms in total. The van der Waals surface area contributed by atoms with E-state index in [-0.39, 0.29) is 0 Å². The Morgan fingerprint density at radius 1 is 1.12 bits per heavy atom. The van der Waals surface area contributed by atoms with Crippen LogP contribution in [0.5, 0.6) is 0 Å². The first-order valence-corrected chi connectivity index (χ1v) is 6.11. The highest BCUT2D eigenvalue weighted by Crippen LogP contribution is 2.14. The molecule has 1 aromatic carbocycles. The predicted molar refractivity (Wildman–Crippen MR) is 75.1 cm³/mol. The molecule has 0 aromatic heterocycles. The van der Waals surface area contributed by atoms with Gasteiger partial charge < -0.3 is 10.2 Å². The van der Waals surface area contributed by atoms with E-state index >= 15 is 0 Å². The van der Waals surface area contributed by atoms with Crippen LogP contribution in [0, 0.1) is 13.8 Å². The minimum atomic E-state index is 0.801. The van der Waals surface area contributed by atoms with Crippen molar-refractivity contribution in [2.24, 2.45) is 0 Å². The maximum atomic E-state index is 5.36. The average Bonchev–Trinajstić information content (AvgIpc) is 2.17. The van der Waals surface area contributed by atoms with E-state index in [0.29, 0.717) is 0 Å². The highest BCUT2D eigenvalue weighted by atomic mass is 32.1. The van der Waals surface area contributed by atoms with Crippen molar-refractivity contribution in [3.8, 4) is 0 Å². The Bertz CT molecular complexity index is 350. The number of rotatable bonds is 3. The Morgan fingerprint density at radius 2 is 1.62 bits per heavy atom. The first-order chi connectivity index (χ1) is 7.56. The molecule has 1 aromatic rings. The highest BCUT2D eigenvalue weighted by molar-refractivity contribution is 7.80. The third-order valence-electron chi connectivity index (χ3n) is 2.52. The third-order valence-corrected chi connectivity index (χ3v) is 2.88. The van der Waals surface area contributed by atoms with Crippen LogP contribution in [0.2, 0.25) is 0 Å². The van der Waals surface area contributed by atoms with Gasteiger partial charge in [-0.2, -0.15) is 0 Å². The Morgan fingerprint density at radius 3 is 2.06 bits per heavy atom. The molecular formula is C13H20N2S. The first-order valence-electron chi connectivity index (χ1n) is 5.71. The van der Waals surface area contributed by atoms with Crippen molar-refractivity contribution >= 4 is 23.0 Å². The first kappa shape index (κ1) is 13.0. The highest BCUT2D eigenvalue weighted by Gasteiger charge is 2.05. The van der Waals surface area contributed by atoms with Crippen molar-refractivity contribution in [1.82, 2.24) is 4.90 Å². The van der Waals surface area contributed by atoms with Crippen molar-refractivity contribution < 1.29 is 0 Å². The van der Waals surface area contributed by atoms with E-state index in [9.17, 15) is 0 Å². The Balaban J connectivity index is 2.76.